The van der Waals surface area contributed by atoms with E-state index in [1.54, 1.807) is 56.3 Å². The summed E-state index contributed by atoms with van der Waals surface area (Å²) in [5, 5.41) is 0. The highest BCUT2D eigenvalue weighted by atomic mass is 32.1. The summed E-state index contributed by atoms with van der Waals surface area (Å²) in [4.78, 5) is 43.3. The molecule has 10 nitrogen and oxygen atoms in total. The normalized spacial score (nSPS) is 14.8. The van der Waals surface area contributed by atoms with Crippen molar-refractivity contribution in [2.45, 2.75) is 26.8 Å². The summed E-state index contributed by atoms with van der Waals surface area (Å²) in [5.74, 6) is 0.547. The molecule has 0 bridgehead atoms. The number of allylic oxidation sites excluding steroid dienone is 1. The van der Waals surface area contributed by atoms with Gasteiger partial charge in [0.1, 0.15) is 0 Å². The Morgan fingerprint density at radius 2 is 1.67 bits per heavy atom. The van der Waals surface area contributed by atoms with Gasteiger partial charge in [-0.3, -0.25) is 14.2 Å². The third-order valence-corrected chi connectivity index (χ3v) is 6.96. The van der Waals surface area contributed by atoms with Crippen molar-refractivity contribution < 1.29 is 33.3 Å². The molecule has 1 aromatic heterocycles. The molecule has 204 valence electrons. The van der Waals surface area contributed by atoms with Crippen molar-refractivity contribution in [2.24, 2.45) is 4.99 Å². The van der Waals surface area contributed by atoms with Crippen LogP contribution in [0.3, 0.4) is 0 Å². The second-order valence-corrected chi connectivity index (χ2v) is 9.43. The van der Waals surface area contributed by atoms with E-state index in [0.29, 0.717) is 43.4 Å². The number of ether oxygens (including phenoxy) is 5. The number of fused-ring (bicyclic) bond motifs is 1. The lowest BCUT2D eigenvalue weighted by Crippen LogP contribution is -2.39. The first-order valence-corrected chi connectivity index (χ1v) is 12.8. The van der Waals surface area contributed by atoms with E-state index in [9.17, 15) is 14.4 Å². The predicted molar refractivity (Wildman–Crippen MR) is 144 cm³/mol. The summed E-state index contributed by atoms with van der Waals surface area (Å²) in [6.07, 6.45) is 1.69. The van der Waals surface area contributed by atoms with Crippen molar-refractivity contribution in [1.29, 1.82) is 0 Å². The molecule has 0 radical (unpaired) electrons. The van der Waals surface area contributed by atoms with Gasteiger partial charge in [-0.05, 0) is 55.3 Å². The Morgan fingerprint density at radius 3 is 2.31 bits per heavy atom. The molecule has 0 unspecified atom stereocenters. The van der Waals surface area contributed by atoms with Crippen molar-refractivity contribution in [3.8, 4) is 23.0 Å². The van der Waals surface area contributed by atoms with E-state index in [4.69, 9.17) is 23.7 Å². The number of aromatic nitrogens is 1. The van der Waals surface area contributed by atoms with E-state index in [2.05, 4.69) is 4.99 Å². The summed E-state index contributed by atoms with van der Waals surface area (Å²) in [5.41, 5.74) is 1.65. The Hall–Kier alpha value is -4.38. The van der Waals surface area contributed by atoms with Gasteiger partial charge in [-0.1, -0.05) is 23.5 Å². The summed E-state index contributed by atoms with van der Waals surface area (Å²) in [6.45, 7) is 4.91. The van der Waals surface area contributed by atoms with Crippen LogP contribution in [0, 0.1) is 0 Å². The Bertz CT molecular complexity index is 1650. The number of methoxy groups -OCH3 is 3. The van der Waals surface area contributed by atoms with Crippen molar-refractivity contribution in [1.82, 2.24) is 4.57 Å². The van der Waals surface area contributed by atoms with Crippen LogP contribution >= 0.6 is 11.3 Å². The maximum atomic E-state index is 13.8. The lowest BCUT2D eigenvalue weighted by atomic mass is 9.95. The molecule has 2 heterocycles. The lowest BCUT2D eigenvalue weighted by Gasteiger charge is -2.25. The van der Waals surface area contributed by atoms with Gasteiger partial charge in [-0.2, -0.15) is 0 Å². The average Bonchev–Trinajstić information content (AvgIpc) is 3.21. The summed E-state index contributed by atoms with van der Waals surface area (Å²) in [7, 11) is 4.51. The predicted octanol–water partition coefficient (Wildman–Crippen LogP) is 2.75. The SMILES string of the molecule is CCOC(=O)C1=C(C)N=c2s/c(=C\c3ccc(OC(C)=O)c(OC)c3)c(=O)n2[C@@H]1c1ccc(OC)c(OC)c1. The van der Waals surface area contributed by atoms with Crippen LogP contribution in [0.4, 0.5) is 0 Å². The third-order valence-electron chi connectivity index (χ3n) is 5.98. The Kier molecular flexibility index (Phi) is 8.20. The number of benzene rings is 2. The first kappa shape index (κ1) is 27.6. The van der Waals surface area contributed by atoms with Gasteiger partial charge < -0.3 is 23.7 Å². The molecule has 0 saturated heterocycles. The van der Waals surface area contributed by atoms with Gasteiger partial charge in [-0.25, -0.2) is 9.79 Å². The molecule has 4 rings (SSSR count). The Morgan fingerprint density at radius 1 is 1.00 bits per heavy atom. The minimum atomic E-state index is -0.803. The molecule has 0 N–H and O–H groups in total. The number of hydrogen-bond acceptors (Lipinski definition) is 10. The van der Waals surface area contributed by atoms with E-state index in [1.165, 1.54) is 44.2 Å². The molecule has 1 aliphatic heterocycles. The maximum absolute atomic E-state index is 13.8. The quantitative estimate of drug-likeness (QED) is 0.310. The van der Waals surface area contributed by atoms with Crippen LogP contribution in [0.15, 0.2) is 57.5 Å². The van der Waals surface area contributed by atoms with E-state index < -0.39 is 18.0 Å². The molecular weight excluding hydrogens is 524 g/mol. The fourth-order valence-corrected chi connectivity index (χ4v) is 5.34. The molecule has 0 spiro atoms. The van der Waals surface area contributed by atoms with Crippen molar-refractivity contribution in [3.05, 3.63) is 78.5 Å². The summed E-state index contributed by atoms with van der Waals surface area (Å²) in [6, 6.07) is 9.40. The van der Waals surface area contributed by atoms with Crippen LogP contribution < -0.4 is 33.8 Å². The van der Waals surface area contributed by atoms with E-state index >= 15 is 0 Å². The van der Waals surface area contributed by atoms with E-state index in [-0.39, 0.29) is 23.5 Å². The van der Waals surface area contributed by atoms with E-state index in [0.717, 1.165) is 0 Å². The fourth-order valence-electron chi connectivity index (χ4n) is 4.29. The Balaban J connectivity index is 1.92. The van der Waals surface area contributed by atoms with Crippen LogP contribution in [0.1, 0.15) is 37.9 Å². The highest BCUT2D eigenvalue weighted by molar-refractivity contribution is 7.07. The van der Waals surface area contributed by atoms with Gasteiger partial charge in [0.05, 0.1) is 49.8 Å². The molecule has 0 fully saturated rings. The van der Waals surface area contributed by atoms with Crippen LogP contribution in [0.5, 0.6) is 23.0 Å². The number of rotatable bonds is 8. The second kappa shape index (κ2) is 11.6. The molecule has 1 atom stereocenters. The van der Waals surface area contributed by atoms with Gasteiger partial charge in [0, 0.05) is 6.92 Å². The molecule has 1 aliphatic rings. The van der Waals surface area contributed by atoms with Crippen molar-refractivity contribution >= 4 is 29.4 Å². The molecule has 39 heavy (non-hydrogen) atoms. The minimum Gasteiger partial charge on any atom is -0.493 e. The number of carbonyl (C=O) groups is 2. The average molecular weight is 553 g/mol. The summed E-state index contributed by atoms with van der Waals surface area (Å²) >= 11 is 1.19. The number of hydrogen-bond donors (Lipinski definition) is 0. The molecule has 0 amide bonds. The molecule has 2 aromatic carbocycles. The second-order valence-electron chi connectivity index (χ2n) is 8.42. The highest BCUT2D eigenvalue weighted by Gasteiger charge is 2.34. The standard InChI is InChI=1S/C28H28N2O8S/c1-7-37-27(33)24-15(2)29-28-30(25(24)18-9-11-19(34-4)22(14-18)36-6)26(32)23(39-28)13-17-8-10-20(38-16(3)31)21(12-17)35-5/h8-14,25H,7H2,1-6H3/b23-13-/t25-/m1/s1. The van der Waals surface area contributed by atoms with Gasteiger partial charge in [0.2, 0.25) is 0 Å². The minimum absolute atomic E-state index is 0.170. The monoisotopic (exact) mass is 552 g/mol. The zero-order valence-corrected chi connectivity index (χ0v) is 23.2. The number of esters is 2. The topological polar surface area (TPSA) is 115 Å². The number of carbonyl (C=O) groups excluding carboxylic acids is 2. The van der Waals surface area contributed by atoms with Crippen LogP contribution in [-0.2, 0) is 14.3 Å². The Labute approximate surface area is 228 Å². The maximum Gasteiger partial charge on any atom is 0.338 e. The first-order valence-electron chi connectivity index (χ1n) is 12.0. The molecule has 0 aliphatic carbocycles. The largest absolute Gasteiger partial charge is 0.493 e. The van der Waals surface area contributed by atoms with E-state index in [1.807, 2.05) is 0 Å². The smallest absolute Gasteiger partial charge is 0.338 e. The van der Waals surface area contributed by atoms with Gasteiger partial charge in [-0.15, -0.1) is 0 Å². The lowest BCUT2D eigenvalue weighted by molar-refractivity contribution is -0.139. The first-order chi connectivity index (χ1) is 18.7. The van der Waals surface area contributed by atoms with Crippen LogP contribution in [0.2, 0.25) is 0 Å². The third kappa shape index (κ3) is 5.44. The highest BCUT2D eigenvalue weighted by Crippen LogP contribution is 2.36. The van der Waals surface area contributed by atoms with Crippen molar-refractivity contribution in [2.75, 3.05) is 27.9 Å². The fraction of sp³-hybridized carbons (Fsp3) is 0.286. The van der Waals surface area contributed by atoms with Crippen molar-refractivity contribution in [3.63, 3.8) is 0 Å². The van der Waals surface area contributed by atoms with Crippen LogP contribution in [0.25, 0.3) is 6.08 Å². The zero-order valence-electron chi connectivity index (χ0n) is 22.4. The van der Waals surface area contributed by atoms with Crippen LogP contribution in [-0.4, -0.2) is 44.4 Å². The zero-order chi connectivity index (χ0) is 28.3. The molecular formula is C28H28N2O8S. The van der Waals surface area contributed by atoms with Gasteiger partial charge in [0.15, 0.2) is 27.8 Å². The molecule has 0 saturated carbocycles. The van der Waals surface area contributed by atoms with Gasteiger partial charge in [0.25, 0.3) is 5.56 Å². The van der Waals surface area contributed by atoms with Gasteiger partial charge >= 0.3 is 11.9 Å². The molecule has 11 heteroatoms. The summed E-state index contributed by atoms with van der Waals surface area (Å²) < 4.78 is 28.6. The molecule has 3 aromatic rings. The number of nitrogens with zero attached hydrogens (tertiary/aromatic N) is 2. The number of thiazole rings is 1.